The highest BCUT2D eigenvalue weighted by atomic mass is 16.1. The topological polar surface area (TPSA) is 75.1 Å². The predicted octanol–water partition coefficient (Wildman–Crippen LogP) is 3.91. The largest absolute Gasteiger partial charge is 0.366 e. The number of pyridine rings is 1. The Morgan fingerprint density at radius 3 is 2.75 bits per heavy atom. The molecule has 4 heterocycles. The van der Waals surface area contributed by atoms with E-state index in [0.29, 0.717) is 12.1 Å². The van der Waals surface area contributed by atoms with E-state index in [0.717, 1.165) is 70.5 Å². The zero-order valence-corrected chi connectivity index (χ0v) is 20.7. The lowest BCUT2D eigenvalue weighted by Gasteiger charge is -2.30. The van der Waals surface area contributed by atoms with E-state index in [1.807, 2.05) is 44.6 Å². The first-order chi connectivity index (χ1) is 17.5. The van der Waals surface area contributed by atoms with Crippen molar-refractivity contribution in [1.82, 2.24) is 25.4 Å². The third-order valence-corrected chi connectivity index (χ3v) is 8.19. The summed E-state index contributed by atoms with van der Waals surface area (Å²) in [5.74, 6) is -0.00171. The maximum atomic E-state index is 13.7. The Hall–Kier alpha value is -3.71. The number of carbonyl (C=O) groups excluding carboxylic acids is 1. The number of rotatable bonds is 5. The van der Waals surface area contributed by atoms with Crippen molar-refractivity contribution in [1.29, 1.82) is 0 Å². The number of nitrogens with zero attached hydrogens (tertiary/aromatic N) is 4. The van der Waals surface area contributed by atoms with Gasteiger partial charge in [0.25, 0.3) is 5.91 Å². The quantitative estimate of drug-likeness (QED) is 0.455. The van der Waals surface area contributed by atoms with Gasteiger partial charge in [0, 0.05) is 60.6 Å². The molecular formula is C29H30N6O. The molecule has 2 N–H and O–H groups in total. The smallest absolute Gasteiger partial charge is 0.252 e. The number of carbonyl (C=O) groups is 1. The summed E-state index contributed by atoms with van der Waals surface area (Å²) in [5, 5.41) is 12.4. The van der Waals surface area contributed by atoms with E-state index in [2.05, 4.69) is 51.0 Å². The molecule has 1 aliphatic carbocycles. The van der Waals surface area contributed by atoms with Crippen molar-refractivity contribution in [2.24, 2.45) is 7.05 Å². The van der Waals surface area contributed by atoms with Gasteiger partial charge in [-0.2, -0.15) is 5.10 Å². The summed E-state index contributed by atoms with van der Waals surface area (Å²) in [6.45, 7) is 4.06. The molecule has 0 radical (unpaired) electrons. The number of hydrogen-bond donors (Lipinski definition) is 2. The normalized spacial score (nSPS) is 21.8. The van der Waals surface area contributed by atoms with E-state index < -0.39 is 0 Å². The predicted molar refractivity (Wildman–Crippen MR) is 141 cm³/mol. The average molecular weight is 479 g/mol. The minimum Gasteiger partial charge on any atom is -0.366 e. The van der Waals surface area contributed by atoms with Crippen LogP contribution in [-0.2, 0) is 12.6 Å². The molecule has 2 saturated heterocycles. The van der Waals surface area contributed by atoms with E-state index >= 15 is 0 Å². The molecule has 0 spiro atoms. The number of nitrogens with one attached hydrogen (secondary N) is 2. The molecule has 2 aromatic heterocycles. The van der Waals surface area contributed by atoms with Gasteiger partial charge in [-0.15, -0.1) is 0 Å². The molecule has 3 fully saturated rings. The van der Waals surface area contributed by atoms with Gasteiger partial charge in [0.1, 0.15) is 0 Å². The second-order valence-electron chi connectivity index (χ2n) is 10.7. The maximum Gasteiger partial charge on any atom is 0.252 e. The Balaban J connectivity index is 1.24. The minimum absolute atomic E-state index is 0.00171. The number of aromatic nitrogens is 3. The van der Waals surface area contributed by atoms with Crippen LogP contribution in [0, 0.1) is 6.92 Å². The molecule has 2 bridgehead atoms. The standard InChI is InChI=1S/C29H30N6O/c1-18-7-8-21(35-17-20-11-22(35)15-30-20)12-24(18)28(36)33-29(9-10-29)25-13-27(19-14-31-34(2)16-19)32-26-6-4-3-5-23(25)26/h3-8,12-14,16,20,22,30H,9-11,15,17H2,1-2H3,(H,33,36)/t20-,22+/m0/s1. The second-order valence-corrected chi connectivity index (χ2v) is 10.7. The monoisotopic (exact) mass is 478 g/mol. The van der Waals surface area contributed by atoms with Gasteiger partial charge in [0.2, 0.25) is 0 Å². The lowest BCUT2D eigenvalue weighted by atomic mass is 9.96. The van der Waals surface area contributed by atoms with Gasteiger partial charge < -0.3 is 15.5 Å². The van der Waals surface area contributed by atoms with Gasteiger partial charge in [-0.05, 0) is 61.6 Å². The summed E-state index contributed by atoms with van der Waals surface area (Å²) in [6.07, 6.45) is 6.84. The molecule has 182 valence electrons. The van der Waals surface area contributed by atoms with E-state index in [4.69, 9.17) is 4.98 Å². The third-order valence-electron chi connectivity index (χ3n) is 8.19. The molecule has 36 heavy (non-hydrogen) atoms. The van der Waals surface area contributed by atoms with Gasteiger partial charge in [-0.1, -0.05) is 24.3 Å². The highest BCUT2D eigenvalue weighted by molar-refractivity contribution is 5.98. The first-order valence-electron chi connectivity index (χ1n) is 12.8. The SMILES string of the molecule is Cc1ccc(N2C[C@@H]3C[C@@H]2CN3)cc1C(=O)NC1(c2cc(-c3cnn(C)c3)nc3ccccc23)CC1. The molecule has 3 aliphatic rings. The number of fused-ring (bicyclic) bond motifs is 3. The second kappa shape index (κ2) is 7.90. The Kier molecular flexibility index (Phi) is 4.73. The highest BCUT2D eigenvalue weighted by Gasteiger charge is 2.47. The molecule has 2 aliphatic heterocycles. The van der Waals surface area contributed by atoms with Crippen LogP contribution < -0.4 is 15.5 Å². The van der Waals surface area contributed by atoms with Crippen LogP contribution in [-0.4, -0.2) is 45.8 Å². The summed E-state index contributed by atoms with van der Waals surface area (Å²) in [5.41, 5.74) is 6.47. The summed E-state index contributed by atoms with van der Waals surface area (Å²) in [4.78, 5) is 21.1. The Labute approximate surface area is 210 Å². The van der Waals surface area contributed by atoms with Gasteiger partial charge in [0.05, 0.1) is 22.9 Å². The number of piperazine rings is 1. The first kappa shape index (κ1) is 21.6. The Morgan fingerprint density at radius 2 is 2.03 bits per heavy atom. The van der Waals surface area contributed by atoms with Crippen molar-refractivity contribution < 1.29 is 4.79 Å². The van der Waals surface area contributed by atoms with Crippen molar-refractivity contribution in [3.8, 4) is 11.3 Å². The van der Waals surface area contributed by atoms with Crippen LogP contribution in [0.15, 0.2) is 60.9 Å². The van der Waals surface area contributed by atoms with E-state index in [1.165, 1.54) is 6.42 Å². The van der Waals surface area contributed by atoms with Gasteiger partial charge in [-0.25, -0.2) is 4.98 Å². The van der Waals surface area contributed by atoms with Crippen molar-refractivity contribution in [2.75, 3.05) is 18.0 Å². The summed E-state index contributed by atoms with van der Waals surface area (Å²) in [6, 6.07) is 17.8. The Bertz CT molecular complexity index is 1500. The van der Waals surface area contributed by atoms with Crippen LogP contribution in [0.4, 0.5) is 5.69 Å². The fourth-order valence-corrected chi connectivity index (χ4v) is 6.05. The fourth-order valence-electron chi connectivity index (χ4n) is 6.05. The molecule has 2 aromatic carbocycles. The lowest BCUT2D eigenvalue weighted by Crippen LogP contribution is -2.43. The third kappa shape index (κ3) is 3.49. The average Bonchev–Trinajstić information content (AvgIpc) is 3.21. The van der Waals surface area contributed by atoms with Crippen LogP contribution in [0.2, 0.25) is 0 Å². The molecule has 1 amide bonds. The molecule has 7 nitrogen and oxygen atoms in total. The fraction of sp³-hybridized carbons (Fsp3) is 0.345. The highest BCUT2D eigenvalue weighted by Crippen LogP contribution is 2.49. The zero-order valence-electron chi connectivity index (χ0n) is 20.7. The summed E-state index contributed by atoms with van der Waals surface area (Å²) in [7, 11) is 1.91. The summed E-state index contributed by atoms with van der Waals surface area (Å²) < 4.78 is 1.79. The number of aryl methyl sites for hydroxylation is 2. The molecule has 0 unspecified atom stereocenters. The minimum atomic E-state index is -0.379. The molecule has 7 rings (SSSR count). The van der Waals surface area contributed by atoms with Crippen LogP contribution in [0.3, 0.4) is 0 Å². The number of amides is 1. The van der Waals surface area contributed by atoms with E-state index in [1.54, 1.807) is 4.68 Å². The van der Waals surface area contributed by atoms with E-state index in [9.17, 15) is 4.79 Å². The van der Waals surface area contributed by atoms with Gasteiger partial charge >= 0.3 is 0 Å². The molecule has 7 heteroatoms. The molecule has 1 saturated carbocycles. The summed E-state index contributed by atoms with van der Waals surface area (Å²) >= 11 is 0. The van der Waals surface area contributed by atoms with Crippen molar-refractivity contribution in [3.05, 3.63) is 77.6 Å². The molecule has 2 atom stereocenters. The molecule has 4 aromatic rings. The first-order valence-corrected chi connectivity index (χ1v) is 12.8. The number of hydrogen-bond acceptors (Lipinski definition) is 5. The van der Waals surface area contributed by atoms with E-state index in [-0.39, 0.29) is 11.4 Å². The van der Waals surface area contributed by atoms with Gasteiger partial charge in [-0.3, -0.25) is 9.48 Å². The van der Waals surface area contributed by atoms with Crippen molar-refractivity contribution >= 4 is 22.5 Å². The number of para-hydroxylation sites is 1. The van der Waals surface area contributed by atoms with Crippen LogP contribution in [0.1, 0.15) is 40.7 Å². The maximum absolute atomic E-state index is 13.7. The number of anilines is 1. The van der Waals surface area contributed by atoms with Crippen LogP contribution in [0.25, 0.3) is 22.2 Å². The van der Waals surface area contributed by atoms with Crippen LogP contribution in [0.5, 0.6) is 0 Å². The zero-order chi connectivity index (χ0) is 24.4. The lowest BCUT2D eigenvalue weighted by molar-refractivity contribution is 0.0930. The van der Waals surface area contributed by atoms with Crippen molar-refractivity contribution in [3.63, 3.8) is 0 Å². The van der Waals surface area contributed by atoms with Crippen LogP contribution >= 0.6 is 0 Å². The van der Waals surface area contributed by atoms with Crippen molar-refractivity contribution in [2.45, 2.75) is 43.8 Å². The van der Waals surface area contributed by atoms with Gasteiger partial charge in [0.15, 0.2) is 0 Å². The molecular weight excluding hydrogens is 448 g/mol. The Morgan fingerprint density at radius 1 is 1.17 bits per heavy atom. The number of benzene rings is 2.